The van der Waals surface area contributed by atoms with Crippen molar-refractivity contribution in [1.82, 2.24) is 4.90 Å². The molecular formula is C11H16BrF3N2S. The second kappa shape index (κ2) is 6.36. The number of rotatable bonds is 5. The minimum Gasteiger partial charge on any atom is -0.326 e. The van der Waals surface area contributed by atoms with Crippen LogP contribution >= 0.6 is 27.3 Å². The zero-order chi connectivity index (χ0) is 13.9. The SMILES string of the molecule is CCC(N)C(c1cc(Br)cs1)N(C)CC(F)(F)F. The molecule has 0 aliphatic carbocycles. The van der Waals surface area contributed by atoms with Gasteiger partial charge in [-0.15, -0.1) is 11.3 Å². The fourth-order valence-electron chi connectivity index (χ4n) is 1.84. The monoisotopic (exact) mass is 344 g/mol. The van der Waals surface area contributed by atoms with E-state index in [1.54, 1.807) is 0 Å². The molecule has 0 saturated heterocycles. The van der Waals surface area contributed by atoms with Crippen molar-refractivity contribution in [2.45, 2.75) is 31.6 Å². The Kier molecular flexibility index (Phi) is 5.64. The van der Waals surface area contributed by atoms with Gasteiger partial charge in [0.2, 0.25) is 0 Å². The van der Waals surface area contributed by atoms with Gasteiger partial charge in [0.25, 0.3) is 0 Å². The first-order chi connectivity index (χ1) is 8.24. The first-order valence-electron chi connectivity index (χ1n) is 5.51. The van der Waals surface area contributed by atoms with Crippen LogP contribution in [0.2, 0.25) is 0 Å². The van der Waals surface area contributed by atoms with Crippen LogP contribution in [0.1, 0.15) is 24.3 Å². The van der Waals surface area contributed by atoms with Crippen molar-refractivity contribution < 1.29 is 13.2 Å². The van der Waals surface area contributed by atoms with Gasteiger partial charge in [-0.3, -0.25) is 4.90 Å². The van der Waals surface area contributed by atoms with Gasteiger partial charge in [-0.25, -0.2) is 0 Å². The molecule has 1 aromatic heterocycles. The van der Waals surface area contributed by atoms with Crippen LogP contribution in [-0.2, 0) is 0 Å². The normalized spacial score (nSPS) is 16.0. The Morgan fingerprint density at radius 2 is 2.11 bits per heavy atom. The standard InChI is InChI=1S/C11H16BrF3N2S/c1-3-8(16)10(9-4-7(12)5-18-9)17(2)6-11(13,14)15/h4-5,8,10H,3,6,16H2,1-2H3. The van der Waals surface area contributed by atoms with Crippen LogP contribution in [0.25, 0.3) is 0 Å². The highest BCUT2D eigenvalue weighted by atomic mass is 79.9. The van der Waals surface area contributed by atoms with E-state index in [9.17, 15) is 13.2 Å². The quantitative estimate of drug-likeness (QED) is 0.880. The molecule has 2 atom stereocenters. The molecule has 7 heteroatoms. The molecule has 0 amide bonds. The third kappa shape index (κ3) is 4.53. The van der Waals surface area contributed by atoms with Crippen LogP contribution < -0.4 is 5.73 Å². The van der Waals surface area contributed by atoms with Gasteiger partial charge in [0.1, 0.15) is 0 Å². The van der Waals surface area contributed by atoms with Gasteiger partial charge < -0.3 is 5.73 Å². The molecule has 104 valence electrons. The fourth-order valence-corrected chi connectivity index (χ4v) is 3.53. The molecule has 0 spiro atoms. The minimum absolute atomic E-state index is 0.317. The number of hydrogen-bond acceptors (Lipinski definition) is 3. The van der Waals surface area contributed by atoms with Crippen LogP contribution in [0.15, 0.2) is 15.9 Å². The van der Waals surface area contributed by atoms with Crippen molar-refractivity contribution >= 4 is 27.3 Å². The number of nitrogens with zero attached hydrogens (tertiary/aromatic N) is 1. The molecule has 0 saturated carbocycles. The van der Waals surface area contributed by atoms with Crippen LogP contribution in [0, 0.1) is 0 Å². The number of hydrogen-bond donors (Lipinski definition) is 1. The van der Waals surface area contributed by atoms with Gasteiger partial charge in [0.15, 0.2) is 0 Å². The molecule has 0 bridgehead atoms. The van der Waals surface area contributed by atoms with Crippen LogP contribution in [-0.4, -0.2) is 30.7 Å². The molecule has 1 heterocycles. The topological polar surface area (TPSA) is 29.3 Å². The summed E-state index contributed by atoms with van der Waals surface area (Å²) in [7, 11) is 1.46. The van der Waals surface area contributed by atoms with E-state index < -0.39 is 18.8 Å². The van der Waals surface area contributed by atoms with Gasteiger partial charge in [-0.05, 0) is 35.5 Å². The lowest BCUT2D eigenvalue weighted by atomic mass is 10.0. The van der Waals surface area contributed by atoms with E-state index in [1.807, 2.05) is 18.4 Å². The predicted octanol–water partition coefficient (Wildman–Crippen LogP) is 3.78. The van der Waals surface area contributed by atoms with E-state index in [2.05, 4.69) is 15.9 Å². The van der Waals surface area contributed by atoms with Crippen molar-refractivity contribution in [3.63, 3.8) is 0 Å². The summed E-state index contributed by atoms with van der Waals surface area (Å²) in [5.41, 5.74) is 5.96. The van der Waals surface area contributed by atoms with Gasteiger partial charge in [0, 0.05) is 20.8 Å². The van der Waals surface area contributed by atoms with Crippen molar-refractivity contribution in [2.24, 2.45) is 5.73 Å². The molecule has 0 aliphatic rings. The lowest BCUT2D eigenvalue weighted by molar-refractivity contribution is -0.148. The van der Waals surface area contributed by atoms with Gasteiger partial charge in [-0.1, -0.05) is 6.92 Å². The average Bonchev–Trinajstić information content (AvgIpc) is 2.62. The highest BCUT2D eigenvalue weighted by Crippen LogP contribution is 2.33. The molecule has 0 radical (unpaired) electrons. The Balaban J connectivity index is 2.92. The first kappa shape index (κ1) is 15.9. The lowest BCUT2D eigenvalue weighted by Crippen LogP contribution is -2.42. The van der Waals surface area contributed by atoms with Crippen LogP contribution in [0.4, 0.5) is 13.2 Å². The van der Waals surface area contributed by atoms with E-state index in [0.29, 0.717) is 6.42 Å². The summed E-state index contributed by atoms with van der Waals surface area (Å²) in [6, 6.07) is 1.10. The molecular weight excluding hydrogens is 329 g/mol. The number of likely N-dealkylation sites (N-methyl/N-ethyl adjacent to an activating group) is 1. The second-order valence-electron chi connectivity index (χ2n) is 4.21. The Hall–Kier alpha value is -0.110. The van der Waals surface area contributed by atoms with E-state index in [-0.39, 0.29) is 6.04 Å². The summed E-state index contributed by atoms with van der Waals surface area (Å²) < 4.78 is 38.3. The van der Waals surface area contributed by atoms with Crippen LogP contribution in [0.3, 0.4) is 0 Å². The molecule has 1 rings (SSSR count). The fraction of sp³-hybridized carbons (Fsp3) is 0.636. The second-order valence-corrected chi connectivity index (χ2v) is 6.07. The van der Waals surface area contributed by atoms with Crippen molar-refractivity contribution in [3.8, 4) is 0 Å². The highest BCUT2D eigenvalue weighted by molar-refractivity contribution is 9.10. The van der Waals surface area contributed by atoms with E-state index in [4.69, 9.17) is 5.73 Å². The summed E-state index contributed by atoms with van der Waals surface area (Å²) in [6.07, 6.45) is -3.59. The molecule has 2 unspecified atom stereocenters. The number of alkyl halides is 3. The maximum atomic E-state index is 12.5. The van der Waals surface area contributed by atoms with Gasteiger partial charge in [0.05, 0.1) is 12.6 Å². The number of thiophene rings is 1. The summed E-state index contributed by atoms with van der Waals surface area (Å²) in [6.45, 7) is 0.919. The van der Waals surface area contributed by atoms with Crippen LogP contribution in [0.5, 0.6) is 0 Å². The van der Waals surface area contributed by atoms with E-state index >= 15 is 0 Å². The lowest BCUT2D eigenvalue weighted by Gasteiger charge is -2.32. The summed E-state index contributed by atoms with van der Waals surface area (Å²) in [4.78, 5) is 2.12. The third-order valence-corrected chi connectivity index (χ3v) is 4.42. The van der Waals surface area contributed by atoms with Crippen molar-refractivity contribution in [1.29, 1.82) is 0 Å². The van der Waals surface area contributed by atoms with Crippen molar-refractivity contribution in [3.05, 3.63) is 20.8 Å². The molecule has 2 nitrogen and oxygen atoms in total. The van der Waals surface area contributed by atoms with Gasteiger partial charge in [-0.2, -0.15) is 13.2 Å². The van der Waals surface area contributed by atoms with E-state index in [1.165, 1.54) is 23.3 Å². The van der Waals surface area contributed by atoms with E-state index in [0.717, 1.165) is 9.35 Å². The van der Waals surface area contributed by atoms with Gasteiger partial charge >= 0.3 is 6.18 Å². The number of halogens is 4. The molecule has 0 fully saturated rings. The van der Waals surface area contributed by atoms with Crippen molar-refractivity contribution in [2.75, 3.05) is 13.6 Å². The Bertz CT molecular complexity index is 381. The Morgan fingerprint density at radius 1 is 1.50 bits per heavy atom. The Morgan fingerprint density at radius 3 is 2.50 bits per heavy atom. The number of nitrogens with two attached hydrogens (primary N) is 1. The smallest absolute Gasteiger partial charge is 0.326 e. The molecule has 18 heavy (non-hydrogen) atoms. The highest BCUT2D eigenvalue weighted by Gasteiger charge is 2.34. The largest absolute Gasteiger partial charge is 0.401 e. The Labute approximate surface area is 117 Å². The predicted molar refractivity (Wildman–Crippen MR) is 71.7 cm³/mol. The first-order valence-corrected chi connectivity index (χ1v) is 7.18. The molecule has 0 aromatic carbocycles. The summed E-state index contributed by atoms with van der Waals surface area (Å²) >= 11 is 4.73. The maximum Gasteiger partial charge on any atom is 0.401 e. The molecule has 0 aliphatic heterocycles. The summed E-state index contributed by atoms with van der Waals surface area (Å²) in [5, 5.41) is 1.85. The maximum absolute atomic E-state index is 12.5. The third-order valence-electron chi connectivity index (χ3n) is 2.66. The zero-order valence-electron chi connectivity index (χ0n) is 10.2. The minimum atomic E-state index is -4.21. The molecule has 1 aromatic rings. The summed E-state index contributed by atoms with van der Waals surface area (Å²) in [5.74, 6) is 0. The average molecular weight is 345 g/mol. The molecule has 2 N–H and O–H groups in total. The zero-order valence-corrected chi connectivity index (χ0v) is 12.6.